The lowest BCUT2D eigenvalue weighted by atomic mass is 10.3. The molecule has 6 heteroatoms. The number of benzene rings is 1. The number of anilines is 3. The normalized spacial score (nSPS) is 10.4. The lowest BCUT2D eigenvalue weighted by Gasteiger charge is -2.19. The molecule has 1 heterocycles. The van der Waals surface area contributed by atoms with E-state index >= 15 is 0 Å². The molecule has 0 radical (unpaired) electrons. The molecule has 0 saturated carbocycles. The topological polar surface area (TPSA) is 41.1 Å². The zero-order valence-corrected chi connectivity index (χ0v) is 11.4. The number of nitrogens with zero attached hydrogens (tertiary/aromatic N) is 3. The van der Waals surface area contributed by atoms with Gasteiger partial charge >= 0.3 is 0 Å². The Hall–Kier alpha value is -2.24. The SMILES string of the molecule is CCCNc1ncc(F)c(N(C)c2ccc(F)cc2)n1. The van der Waals surface area contributed by atoms with Crippen LogP contribution in [0.5, 0.6) is 0 Å². The minimum Gasteiger partial charge on any atom is -0.354 e. The molecule has 4 nitrogen and oxygen atoms in total. The van der Waals surface area contributed by atoms with Crippen LogP contribution in [0, 0.1) is 11.6 Å². The third-order valence-corrected chi connectivity index (χ3v) is 2.79. The lowest BCUT2D eigenvalue weighted by Crippen LogP contribution is -2.15. The van der Waals surface area contributed by atoms with Crippen LogP contribution in [0.2, 0.25) is 0 Å². The quantitative estimate of drug-likeness (QED) is 0.910. The first-order valence-electron chi connectivity index (χ1n) is 6.37. The van der Waals surface area contributed by atoms with Gasteiger partial charge in [-0.25, -0.2) is 13.8 Å². The van der Waals surface area contributed by atoms with Crippen LogP contribution < -0.4 is 10.2 Å². The largest absolute Gasteiger partial charge is 0.354 e. The van der Waals surface area contributed by atoms with Crippen molar-refractivity contribution >= 4 is 17.5 Å². The molecule has 1 aromatic heterocycles. The van der Waals surface area contributed by atoms with Crippen LogP contribution in [0.25, 0.3) is 0 Å². The van der Waals surface area contributed by atoms with Gasteiger partial charge in [-0.1, -0.05) is 6.92 Å². The molecule has 106 valence electrons. The minimum atomic E-state index is -0.529. The number of rotatable bonds is 5. The molecule has 0 spiro atoms. The van der Waals surface area contributed by atoms with Gasteiger partial charge in [-0.3, -0.25) is 0 Å². The van der Waals surface area contributed by atoms with Gasteiger partial charge in [0.15, 0.2) is 11.6 Å². The molecular formula is C14H16F2N4. The van der Waals surface area contributed by atoms with E-state index in [2.05, 4.69) is 15.3 Å². The lowest BCUT2D eigenvalue weighted by molar-refractivity contribution is 0.613. The second-order valence-corrected chi connectivity index (χ2v) is 4.33. The summed E-state index contributed by atoms with van der Waals surface area (Å²) in [6, 6.07) is 5.77. The molecule has 0 aliphatic rings. The highest BCUT2D eigenvalue weighted by molar-refractivity contribution is 5.60. The molecule has 0 fully saturated rings. The van der Waals surface area contributed by atoms with Crippen LogP contribution in [0.1, 0.15) is 13.3 Å². The van der Waals surface area contributed by atoms with Gasteiger partial charge in [-0.05, 0) is 30.7 Å². The van der Waals surface area contributed by atoms with Crippen LogP contribution in [0.3, 0.4) is 0 Å². The van der Waals surface area contributed by atoms with Crippen LogP contribution in [-0.4, -0.2) is 23.6 Å². The molecule has 2 aromatic rings. The van der Waals surface area contributed by atoms with Crippen molar-refractivity contribution in [3.8, 4) is 0 Å². The molecule has 2 rings (SSSR count). The maximum absolute atomic E-state index is 13.8. The van der Waals surface area contributed by atoms with Crippen molar-refractivity contribution in [2.75, 3.05) is 23.8 Å². The van der Waals surface area contributed by atoms with E-state index in [0.29, 0.717) is 18.2 Å². The van der Waals surface area contributed by atoms with E-state index in [4.69, 9.17) is 0 Å². The summed E-state index contributed by atoms with van der Waals surface area (Å²) in [4.78, 5) is 9.58. The summed E-state index contributed by atoms with van der Waals surface area (Å²) < 4.78 is 26.7. The smallest absolute Gasteiger partial charge is 0.224 e. The Bertz CT molecular complexity index is 572. The Morgan fingerprint density at radius 1 is 1.20 bits per heavy atom. The van der Waals surface area contributed by atoms with Crippen molar-refractivity contribution in [3.63, 3.8) is 0 Å². The standard InChI is InChI=1S/C14H16F2N4/c1-3-8-17-14-18-9-12(16)13(19-14)20(2)11-6-4-10(15)5-7-11/h4-7,9H,3,8H2,1-2H3,(H,17,18,19). The summed E-state index contributed by atoms with van der Waals surface area (Å²) in [6.07, 6.45) is 2.05. The fourth-order valence-electron chi connectivity index (χ4n) is 1.70. The van der Waals surface area contributed by atoms with E-state index in [0.717, 1.165) is 12.6 Å². The van der Waals surface area contributed by atoms with Crippen molar-refractivity contribution in [2.45, 2.75) is 13.3 Å². The zero-order chi connectivity index (χ0) is 14.5. The summed E-state index contributed by atoms with van der Waals surface area (Å²) in [5, 5.41) is 3.00. The van der Waals surface area contributed by atoms with Gasteiger partial charge in [-0.15, -0.1) is 0 Å². The maximum Gasteiger partial charge on any atom is 0.224 e. The molecule has 0 bridgehead atoms. The molecule has 0 aliphatic heterocycles. The van der Waals surface area contributed by atoms with Crippen LogP contribution in [0.4, 0.5) is 26.2 Å². The number of halogens is 2. The van der Waals surface area contributed by atoms with Crippen LogP contribution in [0.15, 0.2) is 30.5 Å². The van der Waals surface area contributed by atoms with E-state index in [9.17, 15) is 8.78 Å². The Morgan fingerprint density at radius 3 is 2.55 bits per heavy atom. The Labute approximate surface area is 116 Å². The number of nitrogens with one attached hydrogen (secondary N) is 1. The van der Waals surface area contributed by atoms with E-state index in [1.54, 1.807) is 24.1 Å². The maximum atomic E-state index is 13.8. The summed E-state index contributed by atoms with van der Waals surface area (Å²) in [7, 11) is 1.67. The van der Waals surface area contributed by atoms with Gasteiger partial charge in [0.2, 0.25) is 5.95 Å². The molecule has 0 unspecified atom stereocenters. The predicted octanol–water partition coefficient (Wildman–Crippen LogP) is 3.34. The van der Waals surface area contributed by atoms with Crippen molar-refractivity contribution in [1.82, 2.24) is 9.97 Å². The molecule has 0 saturated heterocycles. The van der Waals surface area contributed by atoms with Gasteiger partial charge < -0.3 is 10.2 Å². The average Bonchev–Trinajstić information content (AvgIpc) is 2.46. The highest BCUT2D eigenvalue weighted by Gasteiger charge is 2.13. The van der Waals surface area contributed by atoms with Crippen LogP contribution in [-0.2, 0) is 0 Å². The van der Waals surface area contributed by atoms with E-state index in [1.807, 2.05) is 6.92 Å². The molecule has 0 amide bonds. The second-order valence-electron chi connectivity index (χ2n) is 4.33. The number of hydrogen-bond donors (Lipinski definition) is 1. The third-order valence-electron chi connectivity index (χ3n) is 2.79. The molecule has 20 heavy (non-hydrogen) atoms. The summed E-state index contributed by atoms with van der Waals surface area (Å²) >= 11 is 0. The Kier molecular flexibility index (Phi) is 4.45. The van der Waals surface area contributed by atoms with Crippen molar-refractivity contribution in [3.05, 3.63) is 42.1 Å². The first-order valence-corrected chi connectivity index (χ1v) is 6.37. The third kappa shape index (κ3) is 3.20. The molecule has 0 aliphatic carbocycles. The Balaban J connectivity index is 2.28. The second kappa shape index (κ2) is 6.27. The first kappa shape index (κ1) is 14.2. The Morgan fingerprint density at radius 2 is 1.90 bits per heavy atom. The van der Waals surface area contributed by atoms with Crippen LogP contribution >= 0.6 is 0 Å². The zero-order valence-electron chi connectivity index (χ0n) is 11.4. The van der Waals surface area contributed by atoms with Gasteiger partial charge in [0.25, 0.3) is 0 Å². The minimum absolute atomic E-state index is 0.144. The fourth-order valence-corrected chi connectivity index (χ4v) is 1.70. The predicted molar refractivity (Wildman–Crippen MR) is 75.2 cm³/mol. The van der Waals surface area contributed by atoms with E-state index in [-0.39, 0.29) is 11.6 Å². The molecule has 0 atom stereocenters. The van der Waals surface area contributed by atoms with Crippen molar-refractivity contribution in [1.29, 1.82) is 0 Å². The van der Waals surface area contributed by atoms with E-state index in [1.165, 1.54) is 12.1 Å². The molecule has 1 N–H and O–H groups in total. The van der Waals surface area contributed by atoms with Gasteiger partial charge in [0, 0.05) is 19.3 Å². The monoisotopic (exact) mass is 278 g/mol. The molecule has 1 aromatic carbocycles. The van der Waals surface area contributed by atoms with Gasteiger partial charge in [-0.2, -0.15) is 4.98 Å². The summed E-state index contributed by atoms with van der Waals surface area (Å²) in [5.74, 6) is -0.350. The van der Waals surface area contributed by atoms with Gasteiger partial charge in [0.1, 0.15) is 5.82 Å². The average molecular weight is 278 g/mol. The summed E-state index contributed by atoms with van der Waals surface area (Å²) in [6.45, 7) is 2.73. The van der Waals surface area contributed by atoms with E-state index < -0.39 is 5.82 Å². The fraction of sp³-hybridized carbons (Fsp3) is 0.286. The number of hydrogen-bond acceptors (Lipinski definition) is 4. The molecular weight excluding hydrogens is 262 g/mol. The first-order chi connectivity index (χ1) is 9.61. The summed E-state index contributed by atoms with van der Waals surface area (Å²) in [5.41, 5.74) is 0.644. The number of aromatic nitrogens is 2. The highest BCUT2D eigenvalue weighted by atomic mass is 19.1. The van der Waals surface area contributed by atoms with Crippen molar-refractivity contribution in [2.24, 2.45) is 0 Å². The van der Waals surface area contributed by atoms with Crippen molar-refractivity contribution < 1.29 is 8.78 Å². The van der Waals surface area contributed by atoms with Gasteiger partial charge in [0.05, 0.1) is 6.20 Å². The highest BCUT2D eigenvalue weighted by Crippen LogP contribution is 2.24.